The number of rotatable bonds is 2. The van der Waals surface area contributed by atoms with Crippen LogP contribution >= 0.6 is 0 Å². The zero-order valence-electron chi connectivity index (χ0n) is 16.5. The first-order valence-corrected chi connectivity index (χ1v) is 8.47. The first-order valence-electron chi connectivity index (χ1n) is 8.47. The predicted molar refractivity (Wildman–Crippen MR) is 100 cm³/mol. The largest absolute Gasteiger partial charge is 0.303 e. The zero-order valence-corrected chi connectivity index (χ0v) is 16.5. The molecular weight excluding hydrogens is 256 g/mol. The Balaban J connectivity index is -0.000000122. The highest BCUT2D eigenvalue weighted by molar-refractivity contribution is 5.56. The van der Waals surface area contributed by atoms with E-state index in [9.17, 15) is 4.79 Å². The fraction of sp³-hybridized carbons (Fsp3) is 0.650. The van der Waals surface area contributed by atoms with Gasteiger partial charge in [0.05, 0.1) is 0 Å². The lowest BCUT2D eigenvalue weighted by atomic mass is 10.0. The predicted octanol–water partition coefficient (Wildman–Crippen LogP) is 6.79. The van der Waals surface area contributed by atoms with Crippen molar-refractivity contribution in [2.24, 2.45) is 5.92 Å². The van der Waals surface area contributed by atoms with Gasteiger partial charge in [-0.25, -0.2) is 0 Å². The van der Waals surface area contributed by atoms with Crippen LogP contribution in [-0.2, 0) is 11.2 Å². The first kappa shape index (κ1) is 28.1. The molecule has 1 heteroatoms. The molecule has 0 aliphatic heterocycles. The molecule has 1 nitrogen and oxygen atoms in total. The van der Waals surface area contributed by atoms with Crippen LogP contribution < -0.4 is 0 Å². The van der Waals surface area contributed by atoms with E-state index in [2.05, 4.69) is 32.9 Å². The summed E-state index contributed by atoms with van der Waals surface area (Å²) in [6.07, 6.45) is 1.48. The molecule has 0 amide bonds. The lowest BCUT2D eigenvalue weighted by Crippen LogP contribution is -1.90. The van der Waals surface area contributed by atoms with Crippen molar-refractivity contribution < 1.29 is 4.79 Å². The van der Waals surface area contributed by atoms with Crippen LogP contribution in [0.3, 0.4) is 0 Å². The normalized spacial score (nSPS) is 7.62. The summed E-state index contributed by atoms with van der Waals surface area (Å²) in [4.78, 5) is 10.2. The number of hydrogen-bond donors (Lipinski definition) is 0. The lowest BCUT2D eigenvalue weighted by Gasteiger charge is -2.01. The van der Waals surface area contributed by atoms with Crippen LogP contribution in [0, 0.1) is 19.8 Å². The van der Waals surface area contributed by atoms with Gasteiger partial charge in [-0.3, -0.25) is 0 Å². The Labute approximate surface area is 135 Å². The van der Waals surface area contributed by atoms with Crippen LogP contribution in [0.15, 0.2) is 18.2 Å². The summed E-state index contributed by atoms with van der Waals surface area (Å²) in [6.45, 7) is 22.6. The fourth-order valence-electron chi connectivity index (χ4n) is 1.11. The second-order valence-electron chi connectivity index (χ2n) is 4.53. The molecule has 0 heterocycles. The minimum atomic E-state index is 0.535. The van der Waals surface area contributed by atoms with Gasteiger partial charge < -0.3 is 4.79 Å². The van der Waals surface area contributed by atoms with Crippen LogP contribution in [0.25, 0.3) is 0 Å². The van der Waals surface area contributed by atoms with Crippen LogP contribution in [0.2, 0.25) is 0 Å². The van der Waals surface area contributed by atoms with E-state index >= 15 is 0 Å². The van der Waals surface area contributed by atoms with Gasteiger partial charge in [0, 0.05) is 6.42 Å². The third-order valence-corrected chi connectivity index (χ3v) is 1.81. The van der Waals surface area contributed by atoms with E-state index in [0.29, 0.717) is 6.42 Å². The number of carbonyl (C=O) groups excluding carboxylic acids is 1. The summed E-state index contributed by atoms with van der Waals surface area (Å²) in [6, 6.07) is 6.17. The van der Waals surface area contributed by atoms with Gasteiger partial charge in [-0.2, -0.15) is 0 Å². The van der Waals surface area contributed by atoms with Crippen molar-refractivity contribution >= 4 is 6.29 Å². The van der Waals surface area contributed by atoms with Gasteiger partial charge in [0.15, 0.2) is 0 Å². The SMILES string of the molecule is CC.CC.CC.CC(C)C.Cc1ccc(C)c(CC=O)c1. The first-order chi connectivity index (χ1) is 9.97. The van der Waals surface area contributed by atoms with Crippen molar-refractivity contribution in [2.45, 2.75) is 82.6 Å². The second-order valence-corrected chi connectivity index (χ2v) is 4.53. The van der Waals surface area contributed by atoms with Crippen LogP contribution in [0.4, 0.5) is 0 Å². The van der Waals surface area contributed by atoms with E-state index in [1.807, 2.05) is 61.5 Å². The van der Waals surface area contributed by atoms with Crippen molar-refractivity contribution in [3.63, 3.8) is 0 Å². The second kappa shape index (κ2) is 23.9. The van der Waals surface area contributed by atoms with Crippen LogP contribution in [0.1, 0.15) is 79.0 Å². The Bertz CT molecular complexity index is 298. The number of hydrogen-bond acceptors (Lipinski definition) is 1. The van der Waals surface area contributed by atoms with Gasteiger partial charge >= 0.3 is 0 Å². The molecule has 0 aliphatic rings. The Kier molecular flexibility index (Phi) is 32.1. The number of aldehydes is 1. The molecule has 0 radical (unpaired) electrons. The van der Waals surface area contributed by atoms with Gasteiger partial charge in [0.25, 0.3) is 0 Å². The summed E-state index contributed by atoms with van der Waals surface area (Å²) >= 11 is 0. The van der Waals surface area contributed by atoms with Crippen molar-refractivity contribution in [2.75, 3.05) is 0 Å². The molecule has 1 aromatic carbocycles. The standard InChI is InChI=1S/C10H12O.C4H10.3C2H6/c1-8-3-4-9(2)10(7-8)5-6-11;1-4(2)3;3*1-2/h3-4,6-7H,5H2,1-2H3;4H,1-3H3;3*1-2H3. The Morgan fingerprint density at radius 3 is 1.62 bits per heavy atom. The highest BCUT2D eigenvalue weighted by atomic mass is 16.1. The number of benzene rings is 1. The number of carbonyl (C=O) groups is 1. The highest BCUT2D eigenvalue weighted by Gasteiger charge is 1.96. The molecule has 0 fully saturated rings. The average Bonchev–Trinajstić information content (AvgIpc) is 2.49. The lowest BCUT2D eigenvalue weighted by molar-refractivity contribution is -0.107. The van der Waals surface area contributed by atoms with Gasteiger partial charge in [0.1, 0.15) is 6.29 Å². The Hall–Kier alpha value is -1.11. The topological polar surface area (TPSA) is 17.1 Å². The molecule has 0 bridgehead atoms. The molecule has 1 rings (SSSR count). The smallest absolute Gasteiger partial charge is 0.124 e. The van der Waals surface area contributed by atoms with E-state index in [-0.39, 0.29) is 0 Å². The van der Waals surface area contributed by atoms with Crippen molar-refractivity contribution in [1.29, 1.82) is 0 Å². The maximum atomic E-state index is 10.2. The minimum absolute atomic E-state index is 0.535. The third kappa shape index (κ3) is 24.3. The molecule has 0 spiro atoms. The van der Waals surface area contributed by atoms with Gasteiger partial charge in [-0.1, -0.05) is 86.1 Å². The maximum absolute atomic E-state index is 10.2. The molecule has 0 aliphatic carbocycles. The maximum Gasteiger partial charge on any atom is 0.124 e. The van der Waals surface area contributed by atoms with Gasteiger partial charge in [0.2, 0.25) is 0 Å². The monoisotopic (exact) mass is 296 g/mol. The molecule has 0 aromatic heterocycles. The summed E-state index contributed by atoms with van der Waals surface area (Å²) in [5, 5.41) is 0. The third-order valence-electron chi connectivity index (χ3n) is 1.81. The average molecular weight is 297 g/mol. The molecule has 0 N–H and O–H groups in total. The molecule has 0 unspecified atom stereocenters. The zero-order chi connectivity index (χ0) is 17.8. The van der Waals surface area contributed by atoms with Crippen LogP contribution in [-0.4, -0.2) is 6.29 Å². The van der Waals surface area contributed by atoms with E-state index in [1.54, 1.807) is 0 Å². The van der Waals surface area contributed by atoms with E-state index in [0.717, 1.165) is 17.8 Å². The van der Waals surface area contributed by atoms with Gasteiger partial charge in [-0.05, 0) is 30.9 Å². The number of aryl methyl sites for hydroxylation is 2. The van der Waals surface area contributed by atoms with Crippen molar-refractivity contribution in [3.05, 3.63) is 34.9 Å². The molecule has 0 saturated carbocycles. The molecule has 1 aromatic rings. The fourth-order valence-corrected chi connectivity index (χ4v) is 1.11. The highest BCUT2D eigenvalue weighted by Crippen LogP contribution is 2.09. The summed E-state index contributed by atoms with van der Waals surface area (Å²) in [7, 11) is 0. The quantitative estimate of drug-likeness (QED) is 0.549. The molecule has 21 heavy (non-hydrogen) atoms. The summed E-state index contributed by atoms with van der Waals surface area (Å²) < 4.78 is 0. The van der Waals surface area contributed by atoms with Gasteiger partial charge in [-0.15, -0.1) is 0 Å². The minimum Gasteiger partial charge on any atom is -0.303 e. The molecule has 0 saturated heterocycles. The Morgan fingerprint density at radius 1 is 0.905 bits per heavy atom. The molecule has 0 atom stereocenters. The van der Waals surface area contributed by atoms with Crippen molar-refractivity contribution in [1.82, 2.24) is 0 Å². The Morgan fingerprint density at radius 2 is 1.29 bits per heavy atom. The van der Waals surface area contributed by atoms with E-state index < -0.39 is 0 Å². The van der Waals surface area contributed by atoms with E-state index in [1.165, 1.54) is 11.1 Å². The van der Waals surface area contributed by atoms with Crippen molar-refractivity contribution in [3.8, 4) is 0 Å². The van der Waals surface area contributed by atoms with Crippen LogP contribution in [0.5, 0.6) is 0 Å². The molecular formula is C20H40O. The summed E-state index contributed by atoms with van der Waals surface area (Å²) in [5.41, 5.74) is 3.55. The summed E-state index contributed by atoms with van der Waals surface area (Å²) in [5.74, 6) is 0.833. The van der Waals surface area contributed by atoms with E-state index in [4.69, 9.17) is 0 Å². The molecule has 126 valence electrons.